The summed E-state index contributed by atoms with van der Waals surface area (Å²) in [7, 11) is 0. The molecular weight excluding hydrogens is 447 g/mol. The van der Waals surface area contributed by atoms with E-state index in [2.05, 4.69) is 24.5 Å². The predicted octanol–water partition coefficient (Wildman–Crippen LogP) is 4.45. The van der Waals surface area contributed by atoms with Gasteiger partial charge in [0, 0.05) is 42.4 Å². The third kappa shape index (κ3) is 10.7. The quantitative estimate of drug-likeness (QED) is 0.436. The molecule has 0 aliphatic heterocycles. The van der Waals surface area contributed by atoms with Crippen LogP contribution in [0, 0.1) is 11.7 Å². The van der Waals surface area contributed by atoms with Crippen LogP contribution >= 0.6 is 0 Å². The molecule has 0 spiro atoms. The average molecular weight is 487 g/mol. The largest absolute Gasteiger partial charge is 0.352 e. The maximum absolute atomic E-state index is 12.6. The van der Waals surface area contributed by atoms with Crippen molar-refractivity contribution in [2.45, 2.75) is 47.0 Å². The molecule has 0 aliphatic carbocycles. The van der Waals surface area contributed by atoms with Crippen LogP contribution < -0.4 is 16.4 Å². The Hall–Kier alpha value is -3.26. The Morgan fingerprint density at radius 1 is 0.971 bits per heavy atom. The number of amides is 3. The molecule has 0 saturated heterocycles. The van der Waals surface area contributed by atoms with Gasteiger partial charge in [0.1, 0.15) is 5.82 Å². The summed E-state index contributed by atoms with van der Waals surface area (Å²) in [5.74, 6) is -0.672. The summed E-state index contributed by atoms with van der Waals surface area (Å²) in [5, 5.41) is 5.44. The molecule has 1 unspecified atom stereocenters. The number of hydrogen-bond acceptors (Lipinski definition) is 4. The number of hydrogen-bond donors (Lipinski definition) is 3. The highest BCUT2D eigenvalue weighted by molar-refractivity contribution is 5.99. The minimum absolute atomic E-state index is 0.000140. The van der Waals surface area contributed by atoms with Gasteiger partial charge in [-0.15, -0.1) is 0 Å². The van der Waals surface area contributed by atoms with Crippen molar-refractivity contribution >= 4 is 23.4 Å². The fraction of sp³-hybridized carbons (Fsp3) is 0.444. The number of carbonyl (C=O) groups excluding carboxylic acids is 3. The highest BCUT2D eigenvalue weighted by atomic mass is 19.1. The number of anilines is 1. The standard InChI is InChI=1S/C16H24N2O2.C11H15FN2O/c1-4-10-18(11-5-2)16(20)14-9-7-8-13(12-14)15(19)17-6-3;1-8(6-7-13)11(15)14-10-4-2-9(12)3-5-10/h7-9,12H,4-6,10-11H2,1-3H3,(H,17,19);2-5,8H,6-7,13H2,1H3,(H,14,15). The molecule has 0 aromatic heterocycles. The van der Waals surface area contributed by atoms with E-state index in [-0.39, 0.29) is 29.5 Å². The first kappa shape index (κ1) is 29.8. The van der Waals surface area contributed by atoms with Crippen LogP contribution in [0.3, 0.4) is 0 Å². The summed E-state index contributed by atoms with van der Waals surface area (Å²) in [6.45, 7) is 10.4. The van der Waals surface area contributed by atoms with E-state index < -0.39 is 0 Å². The fourth-order valence-electron chi connectivity index (χ4n) is 3.27. The van der Waals surface area contributed by atoms with Crippen molar-refractivity contribution in [1.29, 1.82) is 0 Å². The zero-order valence-corrected chi connectivity index (χ0v) is 21.3. The van der Waals surface area contributed by atoms with Crippen molar-refractivity contribution in [2.75, 3.05) is 31.5 Å². The Balaban J connectivity index is 0.000000365. The Morgan fingerprint density at radius 2 is 1.57 bits per heavy atom. The second-order valence-electron chi connectivity index (χ2n) is 8.21. The van der Waals surface area contributed by atoms with E-state index in [1.54, 1.807) is 24.3 Å². The third-order valence-electron chi connectivity index (χ3n) is 5.14. The first-order chi connectivity index (χ1) is 16.8. The highest BCUT2D eigenvalue weighted by Crippen LogP contribution is 2.12. The van der Waals surface area contributed by atoms with E-state index in [1.807, 2.05) is 18.7 Å². The molecule has 3 amide bonds. The molecule has 8 heteroatoms. The van der Waals surface area contributed by atoms with Crippen LogP contribution in [0.15, 0.2) is 48.5 Å². The van der Waals surface area contributed by atoms with Crippen molar-refractivity contribution in [3.63, 3.8) is 0 Å². The van der Waals surface area contributed by atoms with E-state index in [9.17, 15) is 18.8 Å². The van der Waals surface area contributed by atoms with Crippen LogP contribution in [-0.2, 0) is 4.79 Å². The molecule has 0 bridgehead atoms. The highest BCUT2D eigenvalue weighted by Gasteiger charge is 2.16. The molecule has 2 aromatic carbocycles. The van der Waals surface area contributed by atoms with Gasteiger partial charge in [0.05, 0.1) is 0 Å². The molecule has 1 atom stereocenters. The lowest BCUT2D eigenvalue weighted by Crippen LogP contribution is -2.32. The monoisotopic (exact) mass is 486 g/mol. The van der Waals surface area contributed by atoms with Gasteiger partial charge >= 0.3 is 0 Å². The van der Waals surface area contributed by atoms with Crippen LogP contribution in [0.5, 0.6) is 0 Å². The molecule has 2 aromatic rings. The van der Waals surface area contributed by atoms with Crippen LogP contribution in [-0.4, -0.2) is 48.8 Å². The normalized spacial score (nSPS) is 11.0. The summed E-state index contributed by atoms with van der Waals surface area (Å²) in [4.78, 5) is 37.6. The Morgan fingerprint density at radius 3 is 2.11 bits per heavy atom. The number of nitrogens with zero attached hydrogens (tertiary/aromatic N) is 1. The van der Waals surface area contributed by atoms with Crippen LogP contribution in [0.2, 0.25) is 0 Å². The molecule has 192 valence electrons. The van der Waals surface area contributed by atoms with E-state index in [0.717, 1.165) is 25.9 Å². The van der Waals surface area contributed by atoms with Gasteiger partial charge in [0.2, 0.25) is 5.91 Å². The lowest BCUT2D eigenvalue weighted by molar-refractivity contribution is -0.119. The number of halogens is 1. The summed E-state index contributed by atoms with van der Waals surface area (Å²) in [5.41, 5.74) is 7.07. The number of rotatable bonds is 11. The molecule has 0 fully saturated rings. The number of benzene rings is 2. The number of nitrogens with one attached hydrogen (secondary N) is 2. The van der Waals surface area contributed by atoms with Gasteiger partial charge in [-0.1, -0.05) is 26.8 Å². The zero-order chi connectivity index (χ0) is 26.2. The van der Waals surface area contributed by atoms with Gasteiger partial charge in [0.25, 0.3) is 11.8 Å². The summed E-state index contributed by atoms with van der Waals surface area (Å²) < 4.78 is 12.6. The smallest absolute Gasteiger partial charge is 0.253 e. The Labute approximate surface area is 208 Å². The molecule has 0 saturated carbocycles. The van der Waals surface area contributed by atoms with Gasteiger partial charge in [-0.25, -0.2) is 4.39 Å². The van der Waals surface area contributed by atoms with Gasteiger partial charge < -0.3 is 21.3 Å². The van der Waals surface area contributed by atoms with E-state index in [0.29, 0.717) is 36.3 Å². The van der Waals surface area contributed by atoms with Crippen LogP contribution in [0.1, 0.15) is 67.7 Å². The number of nitrogens with two attached hydrogens (primary N) is 1. The first-order valence-corrected chi connectivity index (χ1v) is 12.2. The maximum Gasteiger partial charge on any atom is 0.253 e. The minimum Gasteiger partial charge on any atom is -0.352 e. The predicted molar refractivity (Wildman–Crippen MR) is 139 cm³/mol. The van der Waals surface area contributed by atoms with Crippen LogP contribution in [0.4, 0.5) is 10.1 Å². The summed E-state index contributed by atoms with van der Waals surface area (Å²) in [6.07, 6.45) is 2.51. The SMILES string of the molecule is CC(CCN)C(=O)Nc1ccc(F)cc1.CCCN(CCC)C(=O)c1cccc(C(=O)NCC)c1. The van der Waals surface area contributed by atoms with Gasteiger partial charge in [0.15, 0.2) is 0 Å². The molecular formula is C27H39FN4O3. The van der Waals surface area contributed by atoms with Gasteiger partial charge in [-0.2, -0.15) is 0 Å². The van der Waals surface area contributed by atoms with E-state index in [1.165, 1.54) is 24.3 Å². The van der Waals surface area contributed by atoms with Crippen molar-refractivity contribution < 1.29 is 18.8 Å². The Bertz CT molecular complexity index is 928. The van der Waals surface area contributed by atoms with Crippen molar-refractivity contribution in [2.24, 2.45) is 11.7 Å². The first-order valence-electron chi connectivity index (χ1n) is 12.2. The van der Waals surface area contributed by atoms with Crippen molar-refractivity contribution in [1.82, 2.24) is 10.2 Å². The fourth-order valence-corrected chi connectivity index (χ4v) is 3.27. The lowest BCUT2D eigenvalue weighted by Gasteiger charge is -2.21. The summed E-state index contributed by atoms with van der Waals surface area (Å²) in [6, 6.07) is 12.6. The second kappa shape index (κ2) is 16.4. The molecule has 7 nitrogen and oxygen atoms in total. The second-order valence-corrected chi connectivity index (χ2v) is 8.21. The molecule has 0 aliphatic rings. The lowest BCUT2D eigenvalue weighted by atomic mass is 10.1. The maximum atomic E-state index is 12.6. The molecule has 35 heavy (non-hydrogen) atoms. The van der Waals surface area contributed by atoms with Gasteiger partial charge in [-0.3, -0.25) is 14.4 Å². The van der Waals surface area contributed by atoms with Crippen LogP contribution in [0.25, 0.3) is 0 Å². The molecule has 0 heterocycles. The van der Waals surface area contributed by atoms with Crippen molar-refractivity contribution in [3.05, 3.63) is 65.5 Å². The average Bonchev–Trinajstić information content (AvgIpc) is 2.85. The zero-order valence-electron chi connectivity index (χ0n) is 21.3. The Kier molecular flexibility index (Phi) is 13.9. The number of carbonyl (C=O) groups is 3. The molecule has 0 radical (unpaired) electrons. The van der Waals surface area contributed by atoms with E-state index in [4.69, 9.17) is 5.73 Å². The minimum atomic E-state index is -0.317. The van der Waals surface area contributed by atoms with E-state index >= 15 is 0 Å². The molecule has 2 rings (SSSR count). The van der Waals surface area contributed by atoms with Crippen molar-refractivity contribution in [3.8, 4) is 0 Å². The third-order valence-corrected chi connectivity index (χ3v) is 5.14. The summed E-state index contributed by atoms with van der Waals surface area (Å²) >= 11 is 0. The topological polar surface area (TPSA) is 105 Å². The molecule has 4 N–H and O–H groups in total. The van der Waals surface area contributed by atoms with Gasteiger partial charge in [-0.05, 0) is 75.2 Å².